The zero-order valence-corrected chi connectivity index (χ0v) is 63.5. The fourth-order valence-corrected chi connectivity index (χ4v) is 11.8. The minimum Gasteiger partial charge on any atom is -0.462 e. The monoisotopic (exact) mass is 1420 g/mol. The zero-order chi connectivity index (χ0) is 71.8. The van der Waals surface area contributed by atoms with E-state index >= 15 is 0 Å². The Morgan fingerprint density at radius 3 is 0.857 bits per heavy atom. The first-order valence-corrected chi connectivity index (χ1v) is 41.5. The van der Waals surface area contributed by atoms with Crippen LogP contribution in [-0.4, -0.2) is 96.7 Å². The molecular weight excluding hydrogens is 1280 g/mol. The lowest BCUT2D eigenvalue weighted by Gasteiger charge is -2.21. The summed E-state index contributed by atoms with van der Waals surface area (Å²) in [5.74, 6) is -2.20. The van der Waals surface area contributed by atoms with Crippen LogP contribution in [0.15, 0.2) is 97.2 Å². The average molecular weight is 1420 g/mol. The topological polar surface area (TPSA) is 237 Å². The molecule has 0 fully saturated rings. The van der Waals surface area contributed by atoms with Crippen molar-refractivity contribution in [2.75, 3.05) is 39.6 Å². The maximum absolute atomic E-state index is 13.1. The molecule has 0 aromatic rings. The molecule has 0 aromatic carbocycles. The number of rotatable bonds is 72. The van der Waals surface area contributed by atoms with Crippen molar-refractivity contribution in [2.45, 2.75) is 341 Å². The number of ether oxygens (including phenoxy) is 4. The van der Waals surface area contributed by atoms with Crippen molar-refractivity contribution < 1.29 is 80.2 Å². The number of carbonyl (C=O) groups is 4. The molecule has 566 valence electrons. The first-order valence-electron chi connectivity index (χ1n) is 38.5. The van der Waals surface area contributed by atoms with Gasteiger partial charge in [-0.05, 0) is 116 Å². The summed E-state index contributed by atoms with van der Waals surface area (Å²) in [5, 5.41) is 10.6. The second-order valence-electron chi connectivity index (χ2n) is 25.5. The third-order valence-electron chi connectivity index (χ3n) is 16.0. The van der Waals surface area contributed by atoms with Crippen molar-refractivity contribution in [3.8, 4) is 0 Å². The molecular formula is C79H138O17P2. The maximum Gasteiger partial charge on any atom is 0.472 e. The Bertz CT molecular complexity index is 2240. The minimum atomic E-state index is -4.98. The smallest absolute Gasteiger partial charge is 0.462 e. The maximum atomic E-state index is 13.1. The second-order valence-corrected chi connectivity index (χ2v) is 28.4. The standard InChI is InChI=1S/C79H138O17P2/c1-5-9-13-17-21-25-29-33-35-36-38-41-44-48-52-56-60-64-77(82)90-70-75(96-79(84)66-62-58-54-50-46-42-37-34-30-26-22-18-14-10-6-2)72-94-98(87,88)92-68-73(80)67-91-97(85,86)93-71-74(95-78(83)65-61-57-53-49-45-40-32-28-24-20-16-12-8-4)69-89-76(81)63-59-55-51-47-43-39-31-27-23-19-15-11-7-3/h9-10,13-15,19,21-22,25-27,31,33-35,37,73-75,80H,5-8,11-12,16-18,20,23-24,28-30,32,36,38-72H2,1-4H3,(H,85,86)(H,87,88)/b13-9-,14-10-,19-15-,25-21-,26-22-,31-27-,35-33-,37-34-. The Hall–Kier alpha value is -4.02. The Kier molecular flexibility index (Phi) is 68.4. The van der Waals surface area contributed by atoms with E-state index in [-0.39, 0.29) is 25.7 Å². The van der Waals surface area contributed by atoms with Gasteiger partial charge in [-0.2, -0.15) is 0 Å². The van der Waals surface area contributed by atoms with Crippen LogP contribution < -0.4 is 0 Å². The van der Waals surface area contributed by atoms with Crippen molar-refractivity contribution in [2.24, 2.45) is 0 Å². The van der Waals surface area contributed by atoms with Crippen molar-refractivity contribution in [1.82, 2.24) is 0 Å². The van der Waals surface area contributed by atoms with Crippen LogP contribution in [0.5, 0.6) is 0 Å². The zero-order valence-electron chi connectivity index (χ0n) is 61.7. The number of aliphatic hydroxyl groups is 1. The molecule has 3 N–H and O–H groups in total. The molecule has 0 amide bonds. The van der Waals surface area contributed by atoms with Gasteiger partial charge in [0.2, 0.25) is 0 Å². The predicted molar refractivity (Wildman–Crippen MR) is 399 cm³/mol. The number of esters is 4. The molecule has 0 heterocycles. The van der Waals surface area contributed by atoms with Crippen LogP contribution in [0, 0.1) is 0 Å². The van der Waals surface area contributed by atoms with E-state index in [0.29, 0.717) is 25.7 Å². The van der Waals surface area contributed by atoms with Crippen LogP contribution in [0.2, 0.25) is 0 Å². The number of hydrogen-bond donors (Lipinski definition) is 3. The van der Waals surface area contributed by atoms with Crippen molar-refractivity contribution in [3.05, 3.63) is 97.2 Å². The Labute approximate surface area is 595 Å². The fourth-order valence-electron chi connectivity index (χ4n) is 10.2. The van der Waals surface area contributed by atoms with E-state index in [9.17, 15) is 43.2 Å². The number of allylic oxidation sites excluding steroid dienone is 16. The molecule has 0 aliphatic carbocycles. The van der Waals surface area contributed by atoms with Crippen LogP contribution in [-0.2, 0) is 65.4 Å². The highest BCUT2D eigenvalue weighted by Crippen LogP contribution is 2.45. The van der Waals surface area contributed by atoms with E-state index in [2.05, 4.69) is 125 Å². The lowest BCUT2D eigenvalue weighted by atomic mass is 10.0. The molecule has 0 aromatic heterocycles. The lowest BCUT2D eigenvalue weighted by Crippen LogP contribution is -2.30. The Morgan fingerprint density at radius 2 is 0.551 bits per heavy atom. The molecule has 0 radical (unpaired) electrons. The van der Waals surface area contributed by atoms with Gasteiger partial charge in [0.1, 0.15) is 19.3 Å². The summed E-state index contributed by atoms with van der Waals surface area (Å²) in [6.07, 6.45) is 73.9. The summed E-state index contributed by atoms with van der Waals surface area (Å²) < 4.78 is 68.5. The quantitative estimate of drug-likeness (QED) is 0.0169. The summed E-state index contributed by atoms with van der Waals surface area (Å²) in [7, 11) is -9.95. The molecule has 5 unspecified atom stereocenters. The van der Waals surface area contributed by atoms with E-state index in [1.165, 1.54) is 51.4 Å². The van der Waals surface area contributed by atoms with Gasteiger partial charge in [-0.15, -0.1) is 0 Å². The number of phosphoric acid groups is 2. The molecule has 98 heavy (non-hydrogen) atoms. The van der Waals surface area contributed by atoms with Gasteiger partial charge in [0.05, 0.1) is 26.4 Å². The van der Waals surface area contributed by atoms with E-state index in [4.69, 9.17) is 37.0 Å². The molecule has 0 rings (SSSR count). The van der Waals surface area contributed by atoms with E-state index in [1.807, 2.05) is 0 Å². The van der Waals surface area contributed by atoms with Gasteiger partial charge >= 0.3 is 39.5 Å². The van der Waals surface area contributed by atoms with Crippen LogP contribution in [0.1, 0.15) is 323 Å². The third kappa shape index (κ3) is 70.4. The molecule has 17 nitrogen and oxygen atoms in total. The van der Waals surface area contributed by atoms with Gasteiger partial charge in [-0.25, -0.2) is 9.13 Å². The van der Waals surface area contributed by atoms with E-state index in [1.54, 1.807) is 0 Å². The predicted octanol–water partition coefficient (Wildman–Crippen LogP) is 22.0. The normalized spacial score (nSPS) is 14.5. The molecule has 0 aliphatic heterocycles. The first kappa shape index (κ1) is 94.0. The second kappa shape index (κ2) is 71.4. The summed E-state index contributed by atoms with van der Waals surface area (Å²) >= 11 is 0. The number of unbranched alkanes of at least 4 members (excludes halogenated alkanes) is 30. The van der Waals surface area contributed by atoms with E-state index < -0.39 is 97.5 Å². The van der Waals surface area contributed by atoms with Gasteiger partial charge in [0.25, 0.3) is 0 Å². The Balaban J connectivity index is 5.35. The summed E-state index contributed by atoms with van der Waals surface area (Å²) in [5.41, 5.74) is 0. The number of aliphatic hydroxyl groups excluding tert-OH is 1. The molecule has 0 aliphatic rings. The largest absolute Gasteiger partial charge is 0.472 e. The highest BCUT2D eigenvalue weighted by atomic mass is 31.2. The lowest BCUT2D eigenvalue weighted by molar-refractivity contribution is -0.161. The molecule has 19 heteroatoms. The SMILES string of the molecule is CC/C=C\C/C=C\C/C=C\CCCCCCCCCC(=O)OCC(COP(=O)(O)OCC(O)COP(=O)(O)OCC(COC(=O)CCCCCCC/C=C\C/C=C\CCC)OC(=O)CCCCCCCCCCCCCCC)OC(=O)CCCCCCC/C=C\C/C=C\C/C=C\CC. The van der Waals surface area contributed by atoms with Gasteiger partial charge in [-0.3, -0.25) is 37.3 Å². The number of phosphoric ester groups is 2. The number of hydrogen-bond acceptors (Lipinski definition) is 15. The van der Waals surface area contributed by atoms with Crippen LogP contribution in [0.25, 0.3) is 0 Å². The first-order chi connectivity index (χ1) is 47.7. The molecule has 0 saturated carbocycles. The molecule has 0 saturated heterocycles. The molecule has 0 bridgehead atoms. The van der Waals surface area contributed by atoms with Crippen LogP contribution in [0.4, 0.5) is 0 Å². The van der Waals surface area contributed by atoms with E-state index in [0.717, 1.165) is 193 Å². The van der Waals surface area contributed by atoms with Crippen molar-refractivity contribution in [1.29, 1.82) is 0 Å². The minimum absolute atomic E-state index is 0.0731. The summed E-state index contributed by atoms with van der Waals surface area (Å²) in [6, 6.07) is 0. The third-order valence-corrected chi connectivity index (χ3v) is 17.9. The number of carbonyl (C=O) groups excluding carboxylic acids is 4. The summed E-state index contributed by atoms with van der Waals surface area (Å²) in [4.78, 5) is 72.9. The van der Waals surface area contributed by atoms with Gasteiger partial charge in [0, 0.05) is 25.7 Å². The van der Waals surface area contributed by atoms with Crippen LogP contribution >= 0.6 is 15.6 Å². The van der Waals surface area contributed by atoms with Gasteiger partial charge < -0.3 is 33.8 Å². The molecule has 0 spiro atoms. The fraction of sp³-hybridized carbons (Fsp3) is 0.747. The van der Waals surface area contributed by atoms with Crippen molar-refractivity contribution in [3.63, 3.8) is 0 Å². The highest BCUT2D eigenvalue weighted by Gasteiger charge is 2.30. The van der Waals surface area contributed by atoms with Gasteiger partial charge in [0.15, 0.2) is 12.2 Å². The highest BCUT2D eigenvalue weighted by molar-refractivity contribution is 7.47. The summed E-state index contributed by atoms with van der Waals surface area (Å²) in [6.45, 7) is 4.57. The Morgan fingerprint density at radius 1 is 0.296 bits per heavy atom. The average Bonchev–Trinajstić information content (AvgIpc) is 1.05. The van der Waals surface area contributed by atoms with Gasteiger partial charge in [-0.1, -0.05) is 279 Å². The van der Waals surface area contributed by atoms with Crippen molar-refractivity contribution >= 4 is 39.5 Å². The van der Waals surface area contributed by atoms with Crippen LogP contribution in [0.3, 0.4) is 0 Å². The molecule has 5 atom stereocenters.